The Morgan fingerprint density at radius 3 is 2.71 bits per heavy atom. The van der Waals surface area contributed by atoms with Crippen LogP contribution in [0.2, 0.25) is 0 Å². The lowest BCUT2D eigenvalue weighted by molar-refractivity contribution is -0.134. The number of hydrogen-bond donors (Lipinski definition) is 0. The lowest BCUT2D eigenvalue weighted by Gasteiger charge is -2.30. The highest BCUT2D eigenvalue weighted by Gasteiger charge is 2.28. The lowest BCUT2D eigenvalue weighted by Crippen LogP contribution is -2.41. The zero-order chi connectivity index (χ0) is 14.8. The number of carbonyl (C=O) groups excluding carboxylic acids is 1. The smallest absolute Gasteiger partial charge is 0.230 e. The molecule has 1 aliphatic heterocycles. The highest BCUT2D eigenvalue weighted by molar-refractivity contribution is 5.83. The average Bonchev–Trinajstić information content (AvgIpc) is 2.90. The number of fused-ring (bicyclic) bond motifs is 1. The maximum absolute atomic E-state index is 12.8. The molecule has 0 spiro atoms. The van der Waals surface area contributed by atoms with Gasteiger partial charge in [0.15, 0.2) is 5.82 Å². The van der Waals surface area contributed by atoms with E-state index in [0.29, 0.717) is 6.54 Å². The standard InChI is InChI=1S/C16H20N4O/c1-3-14(13-7-5-4-6-8-13)16(21)19-9-10-20-12(2)17-18-15(20)11-19/h4-8,14H,3,9-11H2,1-2H3. The van der Waals surface area contributed by atoms with Crippen LogP contribution >= 0.6 is 0 Å². The minimum Gasteiger partial charge on any atom is -0.333 e. The average molecular weight is 284 g/mol. The maximum atomic E-state index is 12.8. The van der Waals surface area contributed by atoms with E-state index in [1.165, 1.54) is 0 Å². The fraction of sp³-hybridized carbons (Fsp3) is 0.438. The van der Waals surface area contributed by atoms with Gasteiger partial charge in [0.25, 0.3) is 0 Å². The van der Waals surface area contributed by atoms with E-state index in [1.807, 2.05) is 42.2 Å². The molecule has 110 valence electrons. The first kappa shape index (κ1) is 13.8. The first-order valence-electron chi connectivity index (χ1n) is 7.43. The molecule has 1 aromatic heterocycles. The zero-order valence-corrected chi connectivity index (χ0v) is 12.5. The summed E-state index contributed by atoms with van der Waals surface area (Å²) in [7, 11) is 0. The molecule has 1 unspecified atom stereocenters. The van der Waals surface area contributed by atoms with Gasteiger partial charge in [-0.1, -0.05) is 37.3 Å². The third-order valence-corrected chi connectivity index (χ3v) is 4.16. The Bertz CT molecular complexity index is 635. The largest absolute Gasteiger partial charge is 0.333 e. The fourth-order valence-corrected chi connectivity index (χ4v) is 2.95. The van der Waals surface area contributed by atoms with Gasteiger partial charge in [-0.05, 0) is 18.9 Å². The normalized spacial score (nSPS) is 15.6. The number of amides is 1. The van der Waals surface area contributed by atoms with E-state index in [4.69, 9.17) is 0 Å². The third kappa shape index (κ3) is 2.55. The molecule has 0 saturated heterocycles. The van der Waals surface area contributed by atoms with E-state index >= 15 is 0 Å². The maximum Gasteiger partial charge on any atom is 0.230 e. The van der Waals surface area contributed by atoms with Crippen LogP contribution in [0.5, 0.6) is 0 Å². The third-order valence-electron chi connectivity index (χ3n) is 4.16. The number of benzene rings is 1. The van der Waals surface area contributed by atoms with Crippen LogP contribution in [0.25, 0.3) is 0 Å². The predicted octanol–water partition coefficient (Wildman–Crippen LogP) is 2.12. The molecule has 5 heteroatoms. The first-order valence-corrected chi connectivity index (χ1v) is 7.43. The van der Waals surface area contributed by atoms with E-state index in [9.17, 15) is 4.79 Å². The molecule has 5 nitrogen and oxygen atoms in total. The summed E-state index contributed by atoms with van der Waals surface area (Å²) in [5, 5.41) is 8.26. The topological polar surface area (TPSA) is 51.0 Å². The van der Waals surface area contributed by atoms with E-state index in [-0.39, 0.29) is 11.8 Å². The summed E-state index contributed by atoms with van der Waals surface area (Å²) in [5.41, 5.74) is 1.09. The number of rotatable bonds is 3. The number of nitrogens with zero attached hydrogens (tertiary/aromatic N) is 4. The highest BCUT2D eigenvalue weighted by atomic mass is 16.2. The van der Waals surface area contributed by atoms with Gasteiger partial charge in [-0.2, -0.15) is 0 Å². The van der Waals surface area contributed by atoms with Crippen LogP contribution < -0.4 is 0 Å². The molecular formula is C16H20N4O. The summed E-state index contributed by atoms with van der Waals surface area (Å²) in [6.07, 6.45) is 0.811. The van der Waals surface area contributed by atoms with Crippen LogP contribution in [0.15, 0.2) is 30.3 Å². The van der Waals surface area contributed by atoms with Crippen molar-refractivity contribution in [2.45, 2.75) is 39.3 Å². The van der Waals surface area contributed by atoms with Crippen LogP contribution in [-0.4, -0.2) is 32.1 Å². The van der Waals surface area contributed by atoms with Crippen molar-refractivity contribution in [3.8, 4) is 0 Å². The Kier molecular flexibility index (Phi) is 3.73. The van der Waals surface area contributed by atoms with E-state index in [2.05, 4.69) is 21.7 Å². The van der Waals surface area contributed by atoms with Gasteiger partial charge in [0.1, 0.15) is 5.82 Å². The molecule has 0 fully saturated rings. The Hall–Kier alpha value is -2.17. The van der Waals surface area contributed by atoms with Crippen molar-refractivity contribution in [3.63, 3.8) is 0 Å². The van der Waals surface area contributed by atoms with Gasteiger partial charge < -0.3 is 9.47 Å². The Morgan fingerprint density at radius 1 is 1.24 bits per heavy atom. The molecular weight excluding hydrogens is 264 g/mol. The van der Waals surface area contributed by atoms with Gasteiger partial charge in [0.05, 0.1) is 12.5 Å². The van der Waals surface area contributed by atoms with Gasteiger partial charge in [-0.25, -0.2) is 0 Å². The van der Waals surface area contributed by atoms with Crippen molar-refractivity contribution < 1.29 is 4.79 Å². The monoisotopic (exact) mass is 284 g/mol. The van der Waals surface area contributed by atoms with E-state index in [0.717, 1.165) is 36.7 Å². The van der Waals surface area contributed by atoms with Gasteiger partial charge in [-0.3, -0.25) is 4.79 Å². The number of aryl methyl sites for hydroxylation is 1. The van der Waals surface area contributed by atoms with Crippen LogP contribution in [0.3, 0.4) is 0 Å². The molecule has 1 aliphatic rings. The molecule has 0 N–H and O–H groups in total. The van der Waals surface area contributed by atoms with Crippen molar-refractivity contribution >= 4 is 5.91 Å². The number of carbonyl (C=O) groups is 1. The summed E-state index contributed by atoms with van der Waals surface area (Å²) in [6.45, 7) is 6.08. The second kappa shape index (κ2) is 5.68. The molecule has 0 radical (unpaired) electrons. The first-order chi connectivity index (χ1) is 10.2. The lowest BCUT2D eigenvalue weighted by atomic mass is 9.95. The summed E-state index contributed by atoms with van der Waals surface area (Å²) in [4.78, 5) is 14.7. The highest BCUT2D eigenvalue weighted by Crippen LogP contribution is 2.24. The minimum absolute atomic E-state index is 0.0678. The summed E-state index contributed by atoms with van der Waals surface area (Å²) in [6, 6.07) is 10.0. The van der Waals surface area contributed by atoms with Crippen molar-refractivity contribution in [2.24, 2.45) is 0 Å². The van der Waals surface area contributed by atoms with E-state index < -0.39 is 0 Å². The van der Waals surface area contributed by atoms with Crippen molar-refractivity contribution in [2.75, 3.05) is 6.54 Å². The molecule has 1 amide bonds. The molecule has 0 aliphatic carbocycles. The van der Waals surface area contributed by atoms with Crippen molar-refractivity contribution in [1.29, 1.82) is 0 Å². The Labute approximate surface area is 124 Å². The Morgan fingerprint density at radius 2 is 2.00 bits per heavy atom. The van der Waals surface area contributed by atoms with Crippen molar-refractivity contribution in [1.82, 2.24) is 19.7 Å². The Balaban J connectivity index is 1.79. The fourth-order valence-electron chi connectivity index (χ4n) is 2.95. The summed E-state index contributed by atoms with van der Waals surface area (Å²) < 4.78 is 2.09. The van der Waals surface area contributed by atoms with Crippen LogP contribution in [0, 0.1) is 6.92 Å². The van der Waals surface area contributed by atoms with Crippen molar-refractivity contribution in [3.05, 3.63) is 47.5 Å². The summed E-state index contributed by atoms with van der Waals surface area (Å²) >= 11 is 0. The van der Waals surface area contributed by atoms with E-state index in [1.54, 1.807) is 0 Å². The zero-order valence-electron chi connectivity index (χ0n) is 12.5. The number of aromatic nitrogens is 3. The van der Waals surface area contributed by atoms with Crippen LogP contribution in [0.4, 0.5) is 0 Å². The molecule has 3 rings (SSSR count). The molecule has 2 aromatic rings. The second-order valence-electron chi connectivity index (χ2n) is 5.45. The van der Waals surface area contributed by atoms with Gasteiger partial charge in [0.2, 0.25) is 5.91 Å². The molecule has 21 heavy (non-hydrogen) atoms. The molecule has 2 heterocycles. The SMILES string of the molecule is CCC(C(=O)N1CCn2c(C)nnc2C1)c1ccccc1. The minimum atomic E-state index is -0.0678. The predicted molar refractivity (Wildman–Crippen MR) is 79.7 cm³/mol. The van der Waals surface area contributed by atoms with Gasteiger partial charge in [-0.15, -0.1) is 10.2 Å². The van der Waals surface area contributed by atoms with Gasteiger partial charge in [0, 0.05) is 13.1 Å². The molecule has 0 bridgehead atoms. The molecule has 1 aromatic carbocycles. The number of hydrogen-bond acceptors (Lipinski definition) is 3. The quantitative estimate of drug-likeness (QED) is 0.867. The van der Waals surface area contributed by atoms with Crippen LogP contribution in [0.1, 0.15) is 36.5 Å². The molecule has 1 atom stereocenters. The molecule has 0 saturated carbocycles. The van der Waals surface area contributed by atoms with Gasteiger partial charge >= 0.3 is 0 Å². The van der Waals surface area contributed by atoms with Crippen LogP contribution in [-0.2, 0) is 17.9 Å². The second-order valence-corrected chi connectivity index (χ2v) is 5.45. The summed E-state index contributed by atoms with van der Waals surface area (Å²) in [5.74, 6) is 1.93.